The number of aromatic nitrogens is 2. The standard InChI is InChI=1S/C20H20N4O5S/c1-14(2)13-29-20-12-11-19(21-22-20)15-3-5-16(6-4-15)23-30(27,28)18-9-7-17(8-10-18)24(25)26/h3-12,14,23H,13H2,1-2H3. The minimum absolute atomic E-state index is 0.0694. The molecule has 1 heterocycles. The molecule has 0 unspecified atom stereocenters. The van der Waals surface area contributed by atoms with Crippen LogP contribution in [0.25, 0.3) is 11.3 Å². The zero-order valence-electron chi connectivity index (χ0n) is 16.3. The van der Waals surface area contributed by atoms with Gasteiger partial charge >= 0.3 is 0 Å². The molecule has 0 aliphatic heterocycles. The van der Waals surface area contributed by atoms with Gasteiger partial charge in [-0.1, -0.05) is 26.0 Å². The predicted octanol–water partition coefficient (Wildman–Crippen LogP) is 3.89. The number of rotatable bonds is 8. The Balaban J connectivity index is 1.70. The van der Waals surface area contributed by atoms with E-state index in [4.69, 9.17) is 4.74 Å². The Morgan fingerprint density at radius 1 is 1.00 bits per heavy atom. The van der Waals surface area contributed by atoms with Gasteiger partial charge < -0.3 is 4.74 Å². The summed E-state index contributed by atoms with van der Waals surface area (Å²) in [4.78, 5) is 10.0. The zero-order chi connectivity index (χ0) is 21.7. The molecule has 3 rings (SSSR count). The van der Waals surface area contributed by atoms with Crippen LogP contribution in [0, 0.1) is 16.0 Å². The molecular formula is C20H20N4O5S. The van der Waals surface area contributed by atoms with Crippen LogP contribution < -0.4 is 9.46 Å². The van der Waals surface area contributed by atoms with Gasteiger partial charge in [0.05, 0.1) is 22.1 Å². The largest absolute Gasteiger partial charge is 0.476 e. The Morgan fingerprint density at radius 2 is 1.67 bits per heavy atom. The van der Waals surface area contributed by atoms with Crippen LogP contribution in [-0.4, -0.2) is 30.1 Å². The second-order valence-corrected chi connectivity index (χ2v) is 8.58. The van der Waals surface area contributed by atoms with Crippen molar-refractivity contribution in [1.29, 1.82) is 0 Å². The number of nitro benzene ring substituents is 1. The second kappa shape index (κ2) is 8.87. The minimum Gasteiger partial charge on any atom is -0.476 e. The first-order valence-electron chi connectivity index (χ1n) is 9.09. The van der Waals surface area contributed by atoms with E-state index in [1.807, 2.05) is 13.8 Å². The zero-order valence-corrected chi connectivity index (χ0v) is 17.2. The summed E-state index contributed by atoms with van der Waals surface area (Å²) in [5.41, 5.74) is 1.55. The van der Waals surface area contributed by atoms with Gasteiger partial charge in [0.1, 0.15) is 0 Å². The molecule has 0 saturated carbocycles. The topological polar surface area (TPSA) is 124 Å². The van der Waals surface area contributed by atoms with E-state index in [1.165, 1.54) is 12.1 Å². The van der Waals surface area contributed by atoms with Crippen molar-refractivity contribution in [3.63, 3.8) is 0 Å². The van der Waals surface area contributed by atoms with Crippen LogP contribution in [0.3, 0.4) is 0 Å². The van der Waals surface area contributed by atoms with Gasteiger partial charge in [0.2, 0.25) is 5.88 Å². The van der Waals surface area contributed by atoms with Crippen molar-refractivity contribution in [2.75, 3.05) is 11.3 Å². The third-order valence-electron chi connectivity index (χ3n) is 4.00. The first-order chi connectivity index (χ1) is 14.2. The lowest BCUT2D eigenvalue weighted by molar-refractivity contribution is -0.384. The molecule has 0 aliphatic rings. The molecule has 0 bridgehead atoms. The average Bonchev–Trinajstić information content (AvgIpc) is 2.73. The first kappa shape index (κ1) is 21.2. The van der Waals surface area contributed by atoms with Crippen LogP contribution in [0.1, 0.15) is 13.8 Å². The second-order valence-electron chi connectivity index (χ2n) is 6.90. The van der Waals surface area contributed by atoms with E-state index < -0.39 is 14.9 Å². The normalized spacial score (nSPS) is 11.3. The van der Waals surface area contributed by atoms with Gasteiger partial charge in [0, 0.05) is 29.4 Å². The lowest BCUT2D eigenvalue weighted by atomic mass is 10.1. The maximum atomic E-state index is 12.5. The summed E-state index contributed by atoms with van der Waals surface area (Å²) in [5.74, 6) is 0.828. The van der Waals surface area contributed by atoms with Crippen LogP contribution in [0.4, 0.5) is 11.4 Å². The molecule has 0 spiro atoms. The number of hydrogen-bond acceptors (Lipinski definition) is 7. The molecule has 0 amide bonds. The number of sulfonamides is 1. The molecule has 30 heavy (non-hydrogen) atoms. The lowest BCUT2D eigenvalue weighted by Gasteiger charge is -2.09. The molecule has 1 aromatic heterocycles. The SMILES string of the molecule is CC(C)COc1ccc(-c2ccc(NS(=O)(=O)c3ccc([N+](=O)[O-])cc3)cc2)nn1. The maximum absolute atomic E-state index is 12.5. The highest BCUT2D eigenvalue weighted by atomic mass is 32.2. The summed E-state index contributed by atoms with van der Waals surface area (Å²) < 4.78 is 32.9. The molecule has 0 atom stereocenters. The third-order valence-corrected chi connectivity index (χ3v) is 5.39. The molecule has 1 N–H and O–H groups in total. The maximum Gasteiger partial charge on any atom is 0.269 e. The van der Waals surface area contributed by atoms with E-state index in [1.54, 1.807) is 36.4 Å². The molecule has 10 heteroatoms. The quantitative estimate of drug-likeness (QED) is 0.426. The highest BCUT2D eigenvalue weighted by molar-refractivity contribution is 7.92. The minimum atomic E-state index is -3.87. The van der Waals surface area contributed by atoms with Crippen LogP contribution in [0.5, 0.6) is 5.88 Å². The lowest BCUT2D eigenvalue weighted by Crippen LogP contribution is -2.12. The number of non-ortho nitro benzene ring substituents is 1. The summed E-state index contributed by atoms with van der Waals surface area (Å²) in [6.45, 7) is 4.63. The van der Waals surface area contributed by atoms with Crippen LogP contribution in [-0.2, 0) is 10.0 Å². The van der Waals surface area contributed by atoms with Crippen molar-refractivity contribution in [2.24, 2.45) is 5.92 Å². The Bertz CT molecular complexity index is 1110. The summed E-state index contributed by atoms with van der Waals surface area (Å²) in [5, 5.41) is 18.9. The molecular weight excluding hydrogens is 408 g/mol. The Hall–Kier alpha value is -3.53. The number of benzene rings is 2. The molecule has 2 aromatic carbocycles. The van der Waals surface area contributed by atoms with Crippen molar-refractivity contribution in [2.45, 2.75) is 18.7 Å². The van der Waals surface area contributed by atoms with Gasteiger partial charge in [-0.25, -0.2) is 8.42 Å². The van der Waals surface area contributed by atoms with E-state index in [0.717, 1.165) is 17.7 Å². The fourth-order valence-electron chi connectivity index (χ4n) is 2.47. The predicted molar refractivity (Wildman–Crippen MR) is 112 cm³/mol. The van der Waals surface area contributed by atoms with Gasteiger partial charge in [-0.2, -0.15) is 0 Å². The Labute approximate surface area is 173 Å². The molecule has 0 saturated heterocycles. The molecule has 0 aliphatic carbocycles. The summed E-state index contributed by atoms with van der Waals surface area (Å²) in [6, 6.07) is 14.8. The molecule has 0 fully saturated rings. The molecule has 0 radical (unpaired) electrons. The van der Waals surface area contributed by atoms with Crippen LogP contribution >= 0.6 is 0 Å². The highest BCUT2D eigenvalue weighted by Gasteiger charge is 2.16. The van der Waals surface area contributed by atoms with E-state index in [2.05, 4.69) is 14.9 Å². The number of hydrogen-bond donors (Lipinski definition) is 1. The van der Waals surface area contributed by atoms with E-state index in [0.29, 0.717) is 29.8 Å². The monoisotopic (exact) mass is 428 g/mol. The fourth-order valence-corrected chi connectivity index (χ4v) is 3.53. The fraction of sp³-hybridized carbons (Fsp3) is 0.200. The van der Waals surface area contributed by atoms with Crippen molar-refractivity contribution in [3.8, 4) is 17.1 Å². The number of nitrogens with one attached hydrogen (secondary N) is 1. The van der Waals surface area contributed by atoms with Crippen molar-refractivity contribution >= 4 is 21.4 Å². The van der Waals surface area contributed by atoms with Gasteiger partial charge in [0.25, 0.3) is 15.7 Å². The highest BCUT2D eigenvalue weighted by Crippen LogP contribution is 2.23. The summed E-state index contributed by atoms with van der Waals surface area (Å²) in [6.07, 6.45) is 0. The van der Waals surface area contributed by atoms with E-state index >= 15 is 0 Å². The van der Waals surface area contributed by atoms with Gasteiger partial charge in [-0.15, -0.1) is 10.2 Å². The average molecular weight is 428 g/mol. The van der Waals surface area contributed by atoms with E-state index in [9.17, 15) is 18.5 Å². The third kappa shape index (κ3) is 5.29. The van der Waals surface area contributed by atoms with Gasteiger partial charge in [-0.05, 0) is 36.2 Å². The van der Waals surface area contributed by atoms with Gasteiger partial charge in [-0.3, -0.25) is 14.8 Å². The summed E-state index contributed by atoms with van der Waals surface area (Å²) >= 11 is 0. The van der Waals surface area contributed by atoms with Crippen molar-refractivity contribution in [1.82, 2.24) is 10.2 Å². The van der Waals surface area contributed by atoms with Crippen molar-refractivity contribution in [3.05, 3.63) is 70.8 Å². The smallest absolute Gasteiger partial charge is 0.269 e. The number of nitro groups is 1. The molecule has 156 valence electrons. The van der Waals surface area contributed by atoms with E-state index in [-0.39, 0.29) is 10.6 Å². The number of ether oxygens (including phenoxy) is 1. The Kier molecular flexibility index (Phi) is 6.26. The van der Waals surface area contributed by atoms with Crippen LogP contribution in [0.15, 0.2) is 65.6 Å². The Morgan fingerprint density at radius 3 is 2.20 bits per heavy atom. The first-order valence-corrected chi connectivity index (χ1v) is 10.6. The van der Waals surface area contributed by atoms with Gasteiger partial charge in [0.15, 0.2) is 0 Å². The summed E-state index contributed by atoms with van der Waals surface area (Å²) in [7, 11) is -3.87. The molecule has 3 aromatic rings. The van der Waals surface area contributed by atoms with Crippen LogP contribution in [0.2, 0.25) is 0 Å². The van der Waals surface area contributed by atoms with Crippen molar-refractivity contribution < 1.29 is 18.1 Å². The molecule has 9 nitrogen and oxygen atoms in total. The number of nitrogens with zero attached hydrogens (tertiary/aromatic N) is 3. The number of anilines is 1.